The van der Waals surface area contributed by atoms with Gasteiger partial charge in [-0.1, -0.05) is 15.9 Å². The van der Waals surface area contributed by atoms with E-state index >= 15 is 0 Å². The standard InChI is InChI=1S/C12H16BrFO2/c1-2-15-6-3-7-16-12-5-4-11(14)8-10(12)9-13/h4-5,8H,2-3,6-7,9H2,1H3. The van der Waals surface area contributed by atoms with E-state index in [9.17, 15) is 4.39 Å². The summed E-state index contributed by atoms with van der Waals surface area (Å²) in [4.78, 5) is 0. The van der Waals surface area contributed by atoms with Crippen molar-refractivity contribution in [2.24, 2.45) is 0 Å². The van der Waals surface area contributed by atoms with Gasteiger partial charge >= 0.3 is 0 Å². The highest BCUT2D eigenvalue weighted by molar-refractivity contribution is 9.08. The van der Waals surface area contributed by atoms with Crippen molar-refractivity contribution >= 4 is 15.9 Å². The van der Waals surface area contributed by atoms with E-state index in [0.29, 0.717) is 18.5 Å². The van der Waals surface area contributed by atoms with Gasteiger partial charge in [0.05, 0.1) is 6.61 Å². The number of benzene rings is 1. The first-order chi connectivity index (χ1) is 7.77. The Balaban J connectivity index is 2.41. The number of hydrogen-bond acceptors (Lipinski definition) is 2. The van der Waals surface area contributed by atoms with Crippen molar-refractivity contribution in [1.82, 2.24) is 0 Å². The molecule has 0 saturated carbocycles. The second-order valence-corrected chi connectivity index (χ2v) is 3.85. The van der Waals surface area contributed by atoms with E-state index in [1.54, 1.807) is 6.07 Å². The molecular formula is C12H16BrFO2. The highest BCUT2D eigenvalue weighted by atomic mass is 79.9. The third-order valence-corrected chi connectivity index (χ3v) is 2.67. The lowest BCUT2D eigenvalue weighted by molar-refractivity contribution is 0.130. The van der Waals surface area contributed by atoms with Crippen LogP contribution in [0.1, 0.15) is 18.9 Å². The van der Waals surface area contributed by atoms with E-state index in [0.717, 1.165) is 24.3 Å². The molecule has 1 aromatic rings. The Morgan fingerprint density at radius 2 is 2.12 bits per heavy atom. The fraction of sp³-hybridized carbons (Fsp3) is 0.500. The van der Waals surface area contributed by atoms with Crippen LogP contribution in [-0.2, 0) is 10.1 Å². The Hall–Kier alpha value is -0.610. The summed E-state index contributed by atoms with van der Waals surface area (Å²) < 4.78 is 23.7. The third-order valence-electron chi connectivity index (χ3n) is 2.06. The molecular weight excluding hydrogens is 275 g/mol. The van der Waals surface area contributed by atoms with E-state index < -0.39 is 0 Å². The molecule has 4 heteroatoms. The van der Waals surface area contributed by atoms with Crippen LogP contribution in [0.15, 0.2) is 18.2 Å². The molecule has 0 saturated heterocycles. The van der Waals surface area contributed by atoms with Crippen LogP contribution in [0.5, 0.6) is 5.75 Å². The van der Waals surface area contributed by atoms with Crippen molar-refractivity contribution in [2.75, 3.05) is 19.8 Å². The molecule has 0 aromatic heterocycles. The average Bonchev–Trinajstić information content (AvgIpc) is 2.30. The van der Waals surface area contributed by atoms with Crippen LogP contribution in [0.3, 0.4) is 0 Å². The van der Waals surface area contributed by atoms with E-state index in [1.165, 1.54) is 12.1 Å². The molecule has 0 aliphatic carbocycles. The molecule has 0 aliphatic heterocycles. The second-order valence-electron chi connectivity index (χ2n) is 3.28. The molecule has 0 fully saturated rings. The Kier molecular flexibility index (Phi) is 6.42. The Morgan fingerprint density at radius 3 is 2.81 bits per heavy atom. The smallest absolute Gasteiger partial charge is 0.123 e. The Morgan fingerprint density at radius 1 is 1.31 bits per heavy atom. The molecule has 0 amide bonds. The minimum absolute atomic E-state index is 0.240. The zero-order valence-electron chi connectivity index (χ0n) is 9.34. The summed E-state index contributed by atoms with van der Waals surface area (Å²) in [6.45, 7) is 3.97. The summed E-state index contributed by atoms with van der Waals surface area (Å²) in [5.41, 5.74) is 0.830. The maximum Gasteiger partial charge on any atom is 0.123 e. The summed E-state index contributed by atoms with van der Waals surface area (Å²) in [6, 6.07) is 4.54. The van der Waals surface area contributed by atoms with Crippen molar-refractivity contribution in [3.8, 4) is 5.75 Å². The highest BCUT2D eigenvalue weighted by Crippen LogP contribution is 2.22. The van der Waals surface area contributed by atoms with Crippen LogP contribution >= 0.6 is 15.9 Å². The van der Waals surface area contributed by atoms with Gasteiger partial charge in [-0.05, 0) is 25.1 Å². The molecule has 1 aromatic carbocycles. The number of hydrogen-bond donors (Lipinski definition) is 0. The molecule has 0 atom stereocenters. The van der Waals surface area contributed by atoms with Crippen molar-refractivity contribution < 1.29 is 13.9 Å². The predicted molar refractivity (Wildman–Crippen MR) is 65.6 cm³/mol. The first kappa shape index (κ1) is 13.5. The number of alkyl halides is 1. The molecule has 1 rings (SSSR count). The fourth-order valence-corrected chi connectivity index (χ4v) is 1.72. The summed E-state index contributed by atoms with van der Waals surface area (Å²) in [6.07, 6.45) is 0.840. The lowest BCUT2D eigenvalue weighted by Gasteiger charge is -2.09. The lowest BCUT2D eigenvalue weighted by atomic mass is 10.2. The van der Waals surface area contributed by atoms with Crippen LogP contribution in [-0.4, -0.2) is 19.8 Å². The molecule has 0 unspecified atom stereocenters. The van der Waals surface area contributed by atoms with Gasteiger partial charge in [0.1, 0.15) is 11.6 Å². The highest BCUT2D eigenvalue weighted by Gasteiger charge is 2.03. The van der Waals surface area contributed by atoms with Crippen LogP contribution in [0.25, 0.3) is 0 Å². The fourth-order valence-electron chi connectivity index (χ4n) is 1.28. The summed E-state index contributed by atoms with van der Waals surface area (Å²) in [7, 11) is 0. The van der Waals surface area contributed by atoms with Gasteiger partial charge in [-0.2, -0.15) is 0 Å². The van der Waals surface area contributed by atoms with E-state index in [2.05, 4.69) is 15.9 Å². The van der Waals surface area contributed by atoms with E-state index in [-0.39, 0.29) is 5.82 Å². The molecule has 90 valence electrons. The number of ether oxygens (including phenoxy) is 2. The van der Waals surface area contributed by atoms with Crippen LogP contribution in [0.4, 0.5) is 4.39 Å². The minimum Gasteiger partial charge on any atom is -0.493 e. The van der Waals surface area contributed by atoms with Crippen molar-refractivity contribution in [2.45, 2.75) is 18.7 Å². The number of rotatable bonds is 7. The van der Waals surface area contributed by atoms with Gasteiger partial charge in [0.15, 0.2) is 0 Å². The Bertz CT molecular complexity index is 318. The molecule has 0 radical (unpaired) electrons. The number of halogens is 2. The molecule has 0 heterocycles. The lowest BCUT2D eigenvalue weighted by Crippen LogP contribution is -2.04. The Labute approximate surface area is 104 Å². The van der Waals surface area contributed by atoms with Gasteiger partial charge in [0.2, 0.25) is 0 Å². The van der Waals surface area contributed by atoms with Crippen molar-refractivity contribution in [1.29, 1.82) is 0 Å². The first-order valence-corrected chi connectivity index (χ1v) is 6.45. The quantitative estimate of drug-likeness (QED) is 0.565. The van der Waals surface area contributed by atoms with E-state index in [1.807, 2.05) is 6.92 Å². The SMILES string of the molecule is CCOCCCOc1ccc(F)cc1CBr. The molecule has 0 aliphatic rings. The minimum atomic E-state index is -0.240. The second kappa shape index (κ2) is 7.63. The van der Waals surface area contributed by atoms with Gasteiger partial charge in [-0.25, -0.2) is 4.39 Å². The van der Waals surface area contributed by atoms with Crippen LogP contribution < -0.4 is 4.74 Å². The molecule has 0 spiro atoms. The zero-order chi connectivity index (χ0) is 11.8. The van der Waals surface area contributed by atoms with E-state index in [4.69, 9.17) is 9.47 Å². The first-order valence-electron chi connectivity index (χ1n) is 5.33. The monoisotopic (exact) mass is 290 g/mol. The summed E-state index contributed by atoms with van der Waals surface area (Å²) in [5.74, 6) is 0.492. The average molecular weight is 291 g/mol. The molecule has 2 nitrogen and oxygen atoms in total. The van der Waals surface area contributed by atoms with Crippen molar-refractivity contribution in [3.05, 3.63) is 29.6 Å². The largest absolute Gasteiger partial charge is 0.493 e. The van der Waals surface area contributed by atoms with Crippen LogP contribution in [0, 0.1) is 5.82 Å². The maximum atomic E-state index is 12.9. The van der Waals surface area contributed by atoms with Gasteiger partial charge in [0.25, 0.3) is 0 Å². The third kappa shape index (κ3) is 4.49. The molecule has 16 heavy (non-hydrogen) atoms. The van der Waals surface area contributed by atoms with Gasteiger partial charge < -0.3 is 9.47 Å². The topological polar surface area (TPSA) is 18.5 Å². The van der Waals surface area contributed by atoms with Crippen molar-refractivity contribution in [3.63, 3.8) is 0 Å². The van der Waals surface area contributed by atoms with Gasteiger partial charge in [-0.15, -0.1) is 0 Å². The zero-order valence-corrected chi connectivity index (χ0v) is 10.9. The molecule has 0 bridgehead atoms. The van der Waals surface area contributed by atoms with Gasteiger partial charge in [0, 0.05) is 30.5 Å². The van der Waals surface area contributed by atoms with Gasteiger partial charge in [-0.3, -0.25) is 0 Å². The predicted octanol–water partition coefficient (Wildman–Crippen LogP) is 3.53. The van der Waals surface area contributed by atoms with Crippen LogP contribution in [0.2, 0.25) is 0 Å². The summed E-state index contributed by atoms with van der Waals surface area (Å²) >= 11 is 3.30. The maximum absolute atomic E-state index is 12.9. The summed E-state index contributed by atoms with van der Waals surface area (Å²) in [5, 5.41) is 0.589. The molecule has 0 N–H and O–H groups in total. The normalized spacial score (nSPS) is 10.4.